The normalized spacial score (nSPS) is 11.6. The summed E-state index contributed by atoms with van der Waals surface area (Å²) < 4.78 is 2.58. The van der Waals surface area contributed by atoms with Gasteiger partial charge in [-0.05, 0) is 72.8 Å². The molecular formula is C51H31N3S. The van der Waals surface area contributed by atoms with Gasteiger partial charge in [-0.2, -0.15) is 0 Å². The summed E-state index contributed by atoms with van der Waals surface area (Å²) in [6, 6.07) is 67.0. The molecule has 0 bridgehead atoms. The molecule has 2 aromatic heterocycles. The topological polar surface area (TPSA) is 38.7 Å². The number of aromatic nitrogens is 3. The van der Waals surface area contributed by atoms with Gasteiger partial charge in [-0.1, -0.05) is 170 Å². The van der Waals surface area contributed by atoms with Gasteiger partial charge in [0, 0.05) is 36.9 Å². The standard InChI is InChI=1S/C51H31N3S/c1-3-13-33(14-4-1)49-52-50(34-15-5-2-6-16-34)54-51(53-49)35-25-23-32(24-26-35)37-29-30-46-48(43-21-11-12-22-45(43)55-46)47(37)36-27-28-42-40-19-8-7-17-38(40)39-18-9-10-20-41(39)44(42)31-36/h1-31H. The van der Waals surface area contributed by atoms with Crippen LogP contribution in [0.4, 0.5) is 0 Å². The van der Waals surface area contributed by atoms with Crippen molar-refractivity contribution >= 4 is 63.8 Å². The van der Waals surface area contributed by atoms with Gasteiger partial charge in [0.15, 0.2) is 17.5 Å². The first-order valence-corrected chi connectivity index (χ1v) is 19.3. The maximum Gasteiger partial charge on any atom is 0.164 e. The fraction of sp³-hybridized carbons (Fsp3) is 0. The Morgan fingerprint density at radius 3 is 1.31 bits per heavy atom. The minimum atomic E-state index is 0.646. The summed E-state index contributed by atoms with van der Waals surface area (Å²) in [5.41, 5.74) is 7.64. The number of rotatable bonds is 5. The van der Waals surface area contributed by atoms with E-state index in [1.165, 1.54) is 69.2 Å². The van der Waals surface area contributed by atoms with Gasteiger partial charge in [-0.3, -0.25) is 0 Å². The molecule has 0 atom stereocenters. The van der Waals surface area contributed by atoms with Gasteiger partial charge in [0.1, 0.15) is 0 Å². The summed E-state index contributed by atoms with van der Waals surface area (Å²) >= 11 is 1.86. The Morgan fingerprint density at radius 1 is 0.291 bits per heavy atom. The smallest absolute Gasteiger partial charge is 0.164 e. The molecule has 3 nitrogen and oxygen atoms in total. The Morgan fingerprint density at radius 2 is 0.727 bits per heavy atom. The zero-order chi connectivity index (χ0) is 36.3. The molecule has 0 fully saturated rings. The van der Waals surface area contributed by atoms with Crippen molar-refractivity contribution in [2.45, 2.75) is 0 Å². The van der Waals surface area contributed by atoms with Gasteiger partial charge in [0.05, 0.1) is 0 Å². The Bertz CT molecular complexity index is 3150. The zero-order valence-electron chi connectivity index (χ0n) is 29.6. The average Bonchev–Trinajstić information content (AvgIpc) is 3.65. The minimum Gasteiger partial charge on any atom is -0.208 e. The second kappa shape index (κ2) is 12.8. The van der Waals surface area contributed by atoms with Crippen LogP contribution in [0.5, 0.6) is 0 Å². The molecule has 4 heteroatoms. The highest BCUT2D eigenvalue weighted by atomic mass is 32.1. The van der Waals surface area contributed by atoms with E-state index < -0.39 is 0 Å². The molecule has 2 heterocycles. The van der Waals surface area contributed by atoms with E-state index in [2.05, 4.69) is 127 Å². The van der Waals surface area contributed by atoms with Crippen LogP contribution in [-0.2, 0) is 0 Å². The van der Waals surface area contributed by atoms with E-state index >= 15 is 0 Å². The van der Waals surface area contributed by atoms with Gasteiger partial charge in [-0.15, -0.1) is 11.3 Å². The van der Waals surface area contributed by atoms with Crippen molar-refractivity contribution in [2.75, 3.05) is 0 Å². The molecule has 9 aromatic carbocycles. The van der Waals surface area contributed by atoms with Crippen LogP contribution in [-0.4, -0.2) is 15.0 Å². The molecule has 0 saturated heterocycles. The summed E-state index contributed by atoms with van der Waals surface area (Å²) in [6.45, 7) is 0. The van der Waals surface area contributed by atoms with Crippen LogP contribution in [0.3, 0.4) is 0 Å². The molecule has 256 valence electrons. The van der Waals surface area contributed by atoms with E-state index in [-0.39, 0.29) is 0 Å². The number of nitrogens with zero attached hydrogens (tertiary/aromatic N) is 3. The molecule has 0 spiro atoms. The van der Waals surface area contributed by atoms with Gasteiger partial charge in [0.25, 0.3) is 0 Å². The van der Waals surface area contributed by atoms with Crippen molar-refractivity contribution in [3.8, 4) is 56.4 Å². The number of benzene rings is 9. The lowest BCUT2D eigenvalue weighted by atomic mass is 9.87. The second-order valence-electron chi connectivity index (χ2n) is 13.9. The Hall–Kier alpha value is -7.01. The third-order valence-corrected chi connectivity index (χ3v) is 11.9. The van der Waals surface area contributed by atoms with E-state index in [1.807, 2.05) is 72.0 Å². The fourth-order valence-electron chi connectivity index (χ4n) is 8.16. The molecule has 0 aliphatic heterocycles. The molecule has 55 heavy (non-hydrogen) atoms. The molecule has 0 N–H and O–H groups in total. The predicted octanol–water partition coefficient (Wildman–Crippen LogP) is 14.0. The van der Waals surface area contributed by atoms with E-state index in [0.717, 1.165) is 22.3 Å². The average molecular weight is 718 g/mol. The van der Waals surface area contributed by atoms with Crippen LogP contribution < -0.4 is 0 Å². The molecule has 0 aliphatic rings. The first-order valence-electron chi connectivity index (χ1n) is 18.5. The lowest BCUT2D eigenvalue weighted by Crippen LogP contribution is -2.00. The second-order valence-corrected chi connectivity index (χ2v) is 15.0. The summed E-state index contributed by atoms with van der Waals surface area (Å²) in [7, 11) is 0. The summed E-state index contributed by atoms with van der Waals surface area (Å²) in [6.07, 6.45) is 0. The molecular weight excluding hydrogens is 687 g/mol. The summed E-state index contributed by atoms with van der Waals surface area (Å²) in [4.78, 5) is 14.9. The number of thiophene rings is 1. The van der Waals surface area contributed by atoms with E-state index in [9.17, 15) is 0 Å². The van der Waals surface area contributed by atoms with Crippen molar-refractivity contribution in [1.29, 1.82) is 0 Å². The Kier molecular flexibility index (Phi) is 7.35. The van der Waals surface area contributed by atoms with E-state index in [0.29, 0.717) is 17.5 Å². The maximum atomic E-state index is 4.99. The third-order valence-electron chi connectivity index (χ3n) is 10.7. The van der Waals surface area contributed by atoms with Crippen molar-refractivity contribution in [1.82, 2.24) is 15.0 Å². The maximum absolute atomic E-state index is 4.99. The molecule has 0 amide bonds. The Labute approximate surface area is 321 Å². The van der Waals surface area contributed by atoms with Gasteiger partial charge < -0.3 is 0 Å². The highest BCUT2D eigenvalue weighted by Gasteiger charge is 2.19. The quantitative estimate of drug-likeness (QED) is 0.166. The van der Waals surface area contributed by atoms with Crippen LogP contribution in [0.25, 0.3) is 109 Å². The number of fused-ring (bicyclic) bond motifs is 9. The van der Waals surface area contributed by atoms with Gasteiger partial charge >= 0.3 is 0 Å². The van der Waals surface area contributed by atoms with Crippen molar-refractivity contribution in [3.63, 3.8) is 0 Å². The lowest BCUT2D eigenvalue weighted by molar-refractivity contribution is 1.07. The monoisotopic (exact) mass is 717 g/mol. The first kappa shape index (κ1) is 31.5. The first-order chi connectivity index (χ1) is 27.3. The zero-order valence-corrected chi connectivity index (χ0v) is 30.5. The van der Waals surface area contributed by atoms with Crippen LogP contribution in [0.15, 0.2) is 188 Å². The van der Waals surface area contributed by atoms with E-state index in [4.69, 9.17) is 15.0 Å². The van der Waals surface area contributed by atoms with Gasteiger partial charge in [0.2, 0.25) is 0 Å². The minimum absolute atomic E-state index is 0.646. The van der Waals surface area contributed by atoms with Crippen LogP contribution in [0.1, 0.15) is 0 Å². The molecule has 0 aliphatic carbocycles. The molecule has 0 saturated carbocycles. The molecule has 11 rings (SSSR count). The number of hydrogen-bond donors (Lipinski definition) is 0. The lowest BCUT2D eigenvalue weighted by Gasteiger charge is -2.16. The highest BCUT2D eigenvalue weighted by Crippen LogP contribution is 2.46. The number of hydrogen-bond acceptors (Lipinski definition) is 4. The third kappa shape index (κ3) is 5.30. The SMILES string of the molecule is c1ccc(-c2nc(-c3ccccc3)nc(-c3ccc(-c4ccc5sc6ccccc6c5c4-c4ccc5c6ccccc6c6ccccc6c5c4)cc3)n2)cc1. The molecule has 11 aromatic rings. The van der Waals surface area contributed by atoms with Crippen LogP contribution in [0, 0.1) is 0 Å². The fourth-order valence-corrected chi connectivity index (χ4v) is 9.27. The predicted molar refractivity (Wildman–Crippen MR) is 232 cm³/mol. The van der Waals surface area contributed by atoms with Crippen molar-refractivity contribution in [2.24, 2.45) is 0 Å². The molecule has 0 radical (unpaired) electrons. The highest BCUT2D eigenvalue weighted by molar-refractivity contribution is 7.26. The van der Waals surface area contributed by atoms with Crippen LogP contribution in [0.2, 0.25) is 0 Å². The summed E-state index contributed by atoms with van der Waals surface area (Å²) in [5, 5.41) is 10.2. The van der Waals surface area contributed by atoms with E-state index in [1.54, 1.807) is 0 Å². The van der Waals surface area contributed by atoms with Crippen molar-refractivity contribution < 1.29 is 0 Å². The van der Waals surface area contributed by atoms with Crippen molar-refractivity contribution in [3.05, 3.63) is 188 Å². The molecule has 0 unspecified atom stereocenters. The Balaban J connectivity index is 1.11. The van der Waals surface area contributed by atoms with Crippen LogP contribution >= 0.6 is 11.3 Å². The van der Waals surface area contributed by atoms with Gasteiger partial charge in [-0.25, -0.2) is 15.0 Å². The largest absolute Gasteiger partial charge is 0.208 e. The summed E-state index contributed by atoms with van der Waals surface area (Å²) in [5.74, 6) is 1.96.